The number of aromatic nitrogens is 2. The fourth-order valence-electron chi connectivity index (χ4n) is 4.83. The second-order valence-electron chi connectivity index (χ2n) is 9.12. The summed E-state index contributed by atoms with van der Waals surface area (Å²) in [6, 6.07) is 9.49. The Morgan fingerprint density at radius 1 is 1.18 bits per heavy atom. The SMILES string of the molecule is CC(=O)N1CCc2c(sc3nc(SCC(=O)N4CCC[C@@H](C)C4)n(-c4ccccc4)c(=O)c23)C1. The molecule has 0 radical (unpaired) electrons. The van der Waals surface area contributed by atoms with Gasteiger partial charge in [-0.2, -0.15) is 0 Å². The smallest absolute Gasteiger partial charge is 0.267 e. The Bertz CT molecular complexity index is 1300. The number of hydrogen-bond donors (Lipinski definition) is 0. The summed E-state index contributed by atoms with van der Waals surface area (Å²) >= 11 is 2.82. The van der Waals surface area contributed by atoms with Crippen molar-refractivity contribution in [1.29, 1.82) is 0 Å². The van der Waals surface area contributed by atoms with Crippen LogP contribution in [-0.2, 0) is 22.6 Å². The van der Waals surface area contributed by atoms with Crippen LogP contribution >= 0.6 is 23.1 Å². The first-order valence-corrected chi connectivity index (χ1v) is 13.5. The zero-order chi connectivity index (χ0) is 23.8. The average Bonchev–Trinajstić information content (AvgIpc) is 3.21. The maximum Gasteiger partial charge on any atom is 0.267 e. The van der Waals surface area contributed by atoms with Gasteiger partial charge < -0.3 is 9.80 Å². The van der Waals surface area contributed by atoms with Gasteiger partial charge >= 0.3 is 0 Å². The molecule has 0 saturated carbocycles. The number of nitrogens with zero attached hydrogens (tertiary/aromatic N) is 4. The largest absolute Gasteiger partial charge is 0.342 e. The van der Waals surface area contributed by atoms with Crippen molar-refractivity contribution in [3.05, 3.63) is 51.1 Å². The van der Waals surface area contributed by atoms with Gasteiger partial charge in [-0.25, -0.2) is 4.98 Å². The van der Waals surface area contributed by atoms with E-state index in [-0.39, 0.29) is 23.1 Å². The van der Waals surface area contributed by atoms with E-state index in [1.54, 1.807) is 16.4 Å². The van der Waals surface area contributed by atoms with Crippen LogP contribution in [0.15, 0.2) is 40.3 Å². The summed E-state index contributed by atoms with van der Waals surface area (Å²) in [5.74, 6) is 0.903. The third kappa shape index (κ3) is 4.38. The number of thioether (sulfide) groups is 1. The number of piperidine rings is 1. The molecule has 0 N–H and O–H groups in total. The number of amides is 2. The number of fused-ring (bicyclic) bond motifs is 3. The highest BCUT2D eigenvalue weighted by molar-refractivity contribution is 7.99. The van der Waals surface area contributed by atoms with Gasteiger partial charge in [0.05, 0.1) is 23.4 Å². The predicted octanol–water partition coefficient (Wildman–Crippen LogP) is 3.70. The molecule has 1 aromatic carbocycles. The van der Waals surface area contributed by atoms with E-state index < -0.39 is 0 Å². The van der Waals surface area contributed by atoms with Crippen LogP contribution in [0, 0.1) is 5.92 Å². The number of para-hydroxylation sites is 1. The van der Waals surface area contributed by atoms with E-state index in [2.05, 4.69) is 6.92 Å². The summed E-state index contributed by atoms with van der Waals surface area (Å²) in [5, 5.41) is 1.18. The third-order valence-corrected chi connectivity index (χ3v) is 8.67. The molecule has 1 atom stereocenters. The minimum Gasteiger partial charge on any atom is -0.342 e. The normalized spacial score (nSPS) is 18.2. The molecule has 0 unspecified atom stereocenters. The van der Waals surface area contributed by atoms with Gasteiger partial charge in [0.25, 0.3) is 5.56 Å². The van der Waals surface area contributed by atoms with Gasteiger partial charge in [-0.05, 0) is 42.9 Å². The summed E-state index contributed by atoms with van der Waals surface area (Å²) in [6.07, 6.45) is 2.85. The van der Waals surface area contributed by atoms with Crippen LogP contribution in [0.5, 0.6) is 0 Å². The highest BCUT2D eigenvalue weighted by Crippen LogP contribution is 2.34. The fourth-order valence-corrected chi connectivity index (χ4v) is 7.02. The predicted molar refractivity (Wildman–Crippen MR) is 136 cm³/mol. The van der Waals surface area contributed by atoms with E-state index >= 15 is 0 Å². The molecular weight excluding hydrogens is 468 g/mol. The minimum absolute atomic E-state index is 0.0412. The van der Waals surface area contributed by atoms with Gasteiger partial charge in [-0.1, -0.05) is 36.9 Å². The highest BCUT2D eigenvalue weighted by Gasteiger charge is 2.27. The van der Waals surface area contributed by atoms with Crippen molar-refractivity contribution in [2.24, 2.45) is 5.92 Å². The molecule has 7 nitrogen and oxygen atoms in total. The Kier molecular flexibility index (Phi) is 6.48. The van der Waals surface area contributed by atoms with Crippen molar-refractivity contribution >= 4 is 45.1 Å². The summed E-state index contributed by atoms with van der Waals surface area (Å²) in [5.41, 5.74) is 1.64. The van der Waals surface area contributed by atoms with Crippen LogP contribution < -0.4 is 5.56 Å². The summed E-state index contributed by atoms with van der Waals surface area (Å²) < 4.78 is 1.64. The number of rotatable bonds is 4. The van der Waals surface area contributed by atoms with Gasteiger partial charge in [-0.3, -0.25) is 19.0 Å². The first-order chi connectivity index (χ1) is 16.4. The monoisotopic (exact) mass is 496 g/mol. The Morgan fingerprint density at radius 2 is 1.97 bits per heavy atom. The lowest BCUT2D eigenvalue weighted by Gasteiger charge is -2.30. The van der Waals surface area contributed by atoms with Gasteiger partial charge in [0.2, 0.25) is 11.8 Å². The third-order valence-electron chi connectivity index (χ3n) is 6.64. The second kappa shape index (κ2) is 9.54. The number of hydrogen-bond acceptors (Lipinski definition) is 6. The zero-order valence-corrected chi connectivity index (χ0v) is 21.1. The lowest BCUT2D eigenvalue weighted by Crippen LogP contribution is -2.40. The average molecular weight is 497 g/mol. The molecule has 0 aliphatic carbocycles. The van der Waals surface area contributed by atoms with Crippen molar-refractivity contribution in [2.75, 3.05) is 25.4 Å². The van der Waals surface area contributed by atoms with E-state index in [4.69, 9.17) is 4.98 Å². The van der Waals surface area contributed by atoms with Gasteiger partial charge in [-0.15, -0.1) is 11.3 Å². The van der Waals surface area contributed by atoms with Crippen LogP contribution in [0.4, 0.5) is 0 Å². The molecule has 9 heteroatoms. The van der Waals surface area contributed by atoms with E-state index in [1.165, 1.54) is 23.1 Å². The Labute approximate surface area is 206 Å². The molecule has 0 bridgehead atoms. The molecular formula is C25H28N4O3S2. The Balaban J connectivity index is 1.53. The molecule has 2 amide bonds. The van der Waals surface area contributed by atoms with Gasteiger partial charge in [0, 0.05) is 31.4 Å². The van der Waals surface area contributed by atoms with Crippen molar-refractivity contribution in [3.8, 4) is 5.69 Å². The molecule has 2 aliphatic heterocycles. The van der Waals surface area contributed by atoms with E-state index in [0.717, 1.165) is 42.1 Å². The molecule has 5 rings (SSSR count). The van der Waals surface area contributed by atoms with Crippen molar-refractivity contribution in [2.45, 2.75) is 44.8 Å². The lowest BCUT2D eigenvalue weighted by atomic mass is 10.0. The molecule has 4 heterocycles. The standard InChI is InChI=1S/C25H28N4O3S2/c1-16-7-6-11-28(13-16)21(31)15-33-25-26-23-22(24(32)29(25)18-8-4-3-5-9-18)19-10-12-27(17(2)30)14-20(19)34-23/h3-5,8-9,16H,6-7,10-15H2,1-2H3/t16-/m1/s1. The van der Waals surface area contributed by atoms with E-state index in [0.29, 0.717) is 40.8 Å². The molecule has 1 fully saturated rings. The maximum absolute atomic E-state index is 13.8. The molecule has 2 aromatic heterocycles. The Morgan fingerprint density at radius 3 is 2.71 bits per heavy atom. The summed E-state index contributed by atoms with van der Waals surface area (Å²) in [6.45, 7) is 6.48. The summed E-state index contributed by atoms with van der Waals surface area (Å²) in [4.78, 5) is 49.0. The number of carbonyl (C=O) groups excluding carboxylic acids is 2. The van der Waals surface area contributed by atoms with E-state index in [9.17, 15) is 14.4 Å². The van der Waals surface area contributed by atoms with Crippen LogP contribution in [0.2, 0.25) is 0 Å². The molecule has 1 saturated heterocycles. The van der Waals surface area contributed by atoms with Crippen molar-refractivity contribution in [3.63, 3.8) is 0 Å². The number of thiophene rings is 1. The molecule has 2 aliphatic rings. The summed E-state index contributed by atoms with van der Waals surface area (Å²) in [7, 11) is 0. The molecule has 0 spiro atoms. The van der Waals surface area contributed by atoms with Gasteiger partial charge in [0.1, 0.15) is 4.83 Å². The molecule has 34 heavy (non-hydrogen) atoms. The zero-order valence-electron chi connectivity index (χ0n) is 19.5. The number of likely N-dealkylation sites (tertiary alicyclic amines) is 1. The van der Waals surface area contributed by atoms with Crippen molar-refractivity contribution < 1.29 is 9.59 Å². The lowest BCUT2D eigenvalue weighted by molar-refractivity contribution is -0.130. The van der Waals surface area contributed by atoms with Crippen LogP contribution in [0.1, 0.15) is 37.1 Å². The number of benzene rings is 1. The molecule has 3 aromatic rings. The minimum atomic E-state index is -0.105. The maximum atomic E-state index is 13.8. The quantitative estimate of drug-likeness (QED) is 0.407. The van der Waals surface area contributed by atoms with Crippen molar-refractivity contribution in [1.82, 2.24) is 19.4 Å². The highest BCUT2D eigenvalue weighted by atomic mass is 32.2. The number of carbonyl (C=O) groups is 2. The molecule has 178 valence electrons. The second-order valence-corrected chi connectivity index (χ2v) is 11.1. The first-order valence-electron chi connectivity index (χ1n) is 11.7. The fraction of sp³-hybridized carbons (Fsp3) is 0.440. The first kappa shape index (κ1) is 23.1. The Hall–Kier alpha value is -2.65. The van der Waals surface area contributed by atoms with Crippen LogP contribution in [0.25, 0.3) is 15.9 Å². The van der Waals surface area contributed by atoms with Crippen LogP contribution in [-0.4, -0.2) is 56.6 Å². The van der Waals surface area contributed by atoms with E-state index in [1.807, 2.05) is 35.2 Å². The van der Waals surface area contributed by atoms with Gasteiger partial charge in [0.15, 0.2) is 5.16 Å². The van der Waals surface area contributed by atoms with Crippen LogP contribution in [0.3, 0.4) is 0 Å². The topological polar surface area (TPSA) is 75.5 Å².